The molecule has 0 saturated carbocycles. The van der Waals surface area contributed by atoms with Gasteiger partial charge in [0.1, 0.15) is 5.82 Å². The van der Waals surface area contributed by atoms with Gasteiger partial charge in [-0.2, -0.15) is 11.8 Å². The van der Waals surface area contributed by atoms with Crippen LogP contribution in [-0.2, 0) is 6.54 Å². The van der Waals surface area contributed by atoms with Crippen LogP contribution in [0.2, 0.25) is 0 Å². The maximum absolute atomic E-state index is 12.6. The lowest BCUT2D eigenvalue weighted by Gasteiger charge is -2.26. The van der Waals surface area contributed by atoms with Crippen LogP contribution < -0.4 is 0 Å². The molecule has 0 amide bonds. The Labute approximate surface area is 88.3 Å². The molecule has 14 heavy (non-hydrogen) atoms. The maximum Gasteiger partial charge on any atom is 0.123 e. The minimum absolute atomic E-state index is 0.150. The minimum atomic E-state index is -0.150. The molecular formula is C11H14FNS. The van der Waals surface area contributed by atoms with Gasteiger partial charge in [-0.15, -0.1) is 0 Å². The molecule has 0 atom stereocenters. The first-order valence-corrected chi connectivity index (χ1v) is 6.04. The molecule has 0 spiro atoms. The Morgan fingerprint density at radius 2 is 1.79 bits per heavy atom. The first-order chi connectivity index (χ1) is 6.84. The fourth-order valence-corrected chi connectivity index (χ4v) is 2.59. The largest absolute Gasteiger partial charge is 0.297 e. The molecule has 0 bridgehead atoms. The standard InChI is InChI=1S/C11H14FNS/c12-11-3-1-10(2-4-11)9-13-5-7-14-8-6-13/h1-4H,5-9H2. The summed E-state index contributed by atoms with van der Waals surface area (Å²) in [4.78, 5) is 2.42. The van der Waals surface area contributed by atoms with Gasteiger partial charge in [0.05, 0.1) is 0 Å². The molecule has 0 unspecified atom stereocenters. The van der Waals surface area contributed by atoms with Crippen molar-refractivity contribution in [2.24, 2.45) is 0 Å². The topological polar surface area (TPSA) is 3.24 Å². The van der Waals surface area contributed by atoms with Crippen LogP contribution in [0, 0.1) is 5.82 Å². The van der Waals surface area contributed by atoms with E-state index in [1.54, 1.807) is 0 Å². The lowest BCUT2D eigenvalue weighted by molar-refractivity contribution is 0.294. The molecular weight excluding hydrogens is 197 g/mol. The fraction of sp³-hybridized carbons (Fsp3) is 0.455. The van der Waals surface area contributed by atoms with Crippen LogP contribution in [0.25, 0.3) is 0 Å². The summed E-state index contributed by atoms with van der Waals surface area (Å²) < 4.78 is 12.6. The highest BCUT2D eigenvalue weighted by Gasteiger charge is 2.10. The van der Waals surface area contributed by atoms with Crippen molar-refractivity contribution in [1.29, 1.82) is 0 Å². The van der Waals surface area contributed by atoms with E-state index in [-0.39, 0.29) is 5.82 Å². The molecule has 3 heteroatoms. The van der Waals surface area contributed by atoms with Gasteiger partial charge in [-0.05, 0) is 17.7 Å². The third kappa shape index (κ3) is 2.72. The van der Waals surface area contributed by atoms with Crippen LogP contribution in [0.3, 0.4) is 0 Å². The molecule has 1 heterocycles. The summed E-state index contributed by atoms with van der Waals surface area (Å²) in [7, 11) is 0. The minimum Gasteiger partial charge on any atom is -0.297 e. The van der Waals surface area contributed by atoms with Crippen LogP contribution in [0.1, 0.15) is 5.56 Å². The number of hydrogen-bond acceptors (Lipinski definition) is 2. The Kier molecular flexibility index (Phi) is 3.43. The molecule has 76 valence electrons. The summed E-state index contributed by atoms with van der Waals surface area (Å²) in [5.41, 5.74) is 1.21. The molecule has 1 saturated heterocycles. The number of thioether (sulfide) groups is 1. The summed E-state index contributed by atoms with van der Waals surface area (Å²) in [6, 6.07) is 6.82. The van der Waals surface area contributed by atoms with Crippen molar-refractivity contribution in [3.63, 3.8) is 0 Å². The van der Waals surface area contributed by atoms with Crippen LogP contribution in [0.15, 0.2) is 24.3 Å². The van der Waals surface area contributed by atoms with Gasteiger partial charge < -0.3 is 0 Å². The summed E-state index contributed by atoms with van der Waals surface area (Å²) in [5, 5.41) is 0. The molecule has 1 fully saturated rings. The summed E-state index contributed by atoms with van der Waals surface area (Å²) in [6.45, 7) is 3.27. The van der Waals surface area contributed by atoms with Gasteiger partial charge in [-0.3, -0.25) is 4.90 Å². The van der Waals surface area contributed by atoms with E-state index >= 15 is 0 Å². The second kappa shape index (κ2) is 4.80. The lowest BCUT2D eigenvalue weighted by atomic mass is 10.2. The Morgan fingerprint density at radius 3 is 2.43 bits per heavy atom. The van der Waals surface area contributed by atoms with Crippen molar-refractivity contribution in [3.8, 4) is 0 Å². The Balaban J connectivity index is 1.92. The zero-order valence-electron chi connectivity index (χ0n) is 8.08. The molecule has 1 nitrogen and oxygen atoms in total. The van der Waals surface area contributed by atoms with E-state index in [0.717, 1.165) is 19.6 Å². The van der Waals surface area contributed by atoms with Crippen molar-refractivity contribution < 1.29 is 4.39 Å². The second-order valence-electron chi connectivity index (χ2n) is 3.51. The third-order valence-corrected chi connectivity index (χ3v) is 3.37. The van der Waals surface area contributed by atoms with Gasteiger partial charge in [-0.25, -0.2) is 4.39 Å². The summed E-state index contributed by atoms with van der Waals surface area (Å²) in [6.07, 6.45) is 0. The van der Waals surface area contributed by atoms with Crippen LogP contribution in [0.4, 0.5) is 4.39 Å². The molecule has 0 aliphatic carbocycles. The lowest BCUT2D eigenvalue weighted by Crippen LogP contribution is -2.31. The number of halogens is 1. The van der Waals surface area contributed by atoms with Crippen molar-refractivity contribution in [1.82, 2.24) is 4.90 Å². The van der Waals surface area contributed by atoms with Gasteiger partial charge in [0.15, 0.2) is 0 Å². The van der Waals surface area contributed by atoms with Gasteiger partial charge in [0.25, 0.3) is 0 Å². The van der Waals surface area contributed by atoms with Gasteiger partial charge in [-0.1, -0.05) is 12.1 Å². The van der Waals surface area contributed by atoms with E-state index in [1.165, 1.54) is 29.2 Å². The molecule has 1 aromatic rings. The first kappa shape index (κ1) is 9.99. The van der Waals surface area contributed by atoms with Crippen molar-refractivity contribution in [2.75, 3.05) is 24.6 Å². The SMILES string of the molecule is Fc1ccc(CN2CCSCC2)cc1. The molecule has 2 rings (SSSR count). The van der Waals surface area contributed by atoms with Crippen LogP contribution >= 0.6 is 11.8 Å². The number of nitrogens with zero attached hydrogens (tertiary/aromatic N) is 1. The monoisotopic (exact) mass is 211 g/mol. The highest BCUT2D eigenvalue weighted by atomic mass is 32.2. The van der Waals surface area contributed by atoms with E-state index in [1.807, 2.05) is 23.9 Å². The Bertz CT molecular complexity index is 280. The van der Waals surface area contributed by atoms with Crippen LogP contribution in [0.5, 0.6) is 0 Å². The molecule has 0 aromatic heterocycles. The van der Waals surface area contributed by atoms with E-state index in [9.17, 15) is 4.39 Å². The van der Waals surface area contributed by atoms with E-state index in [2.05, 4.69) is 4.90 Å². The Hall–Kier alpha value is -0.540. The van der Waals surface area contributed by atoms with Crippen molar-refractivity contribution in [3.05, 3.63) is 35.6 Å². The molecule has 1 aliphatic heterocycles. The third-order valence-electron chi connectivity index (χ3n) is 2.42. The first-order valence-electron chi connectivity index (χ1n) is 4.89. The molecule has 1 aliphatic rings. The van der Waals surface area contributed by atoms with Crippen LogP contribution in [-0.4, -0.2) is 29.5 Å². The number of hydrogen-bond donors (Lipinski definition) is 0. The summed E-state index contributed by atoms with van der Waals surface area (Å²) >= 11 is 2.01. The highest BCUT2D eigenvalue weighted by Crippen LogP contribution is 2.13. The zero-order chi connectivity index (χ0) is 9.80. The molecule has 0 N–H and O–H groups in total. The molecule has 1 aromatic carbocycles. The van der Waals surface area contributed by atoms with Gasteiger partial charge in [0, 0.05) is 31.1 Å². The normalized spacial score (nSPS) is 18.4. The maximum atomic E-state index is 12.6. The average molecular weight is 211 g/mol. The van der Waals surface area contributed by atoms with E-state index < -0.39 is 0 Å². The number of rotatable bonds is 2. The zero-order valence-corrected chi connectivity index (χ0v) is 8.89. The van der Waals surface area contributed by atoms with E-state index in [4.69, 9.17) is 0 Å². The van der Waals surface area contributed by atoms with Crippen molar-refractivity contribution in [2.45, 2.75) is 6.54 Å². The number of benzene rings is 1. The van der Waals surface area contributed by atoms with Crippen molar-refractivity contribution >= 4 is 11.8 Å². The van der Waals surface area contributed by atoms with E-state index in [0.29, 0.717) is 0 Å². The average Bonchev–Trinajstić information content (AvgIpc) is 2.23. The quantitative estimate of drug-likeness (QED) is 0.739. The van der Waals surface area contributed by atoms with Gasteiger partial charge in [0.2, 0.25) is 0 Å². The second-order valence-corrected chi connectivity index (χ2v) is 4.74. The summed E-state index contributed by atoms with van der Waals surface area (Å²) in [5.74, 6) is 2.30. The Morgan fingerprint density at radius 1 is 1.14 bits per heavy atom. The fourth-order valence-electron chi connectivity index (χ4n) is 1.61. The highest BCUT2D eigenvalue weighted by molar-refractivity contribution is 7.99. The molecule has 0 radical (unpaired) electrons. The predicted octanol–water partition coefficient (Wildman–Crippen LogP) is 2.37. The smallest absolute Gasteiger partial charge is 0.123 e. The van der Waals surface area contributed by atoms with Gasteiger partial charge >= 0.3 is 0 Å². The predicted molar refractivity (Wildman–Crippen MR) is 59.0 cm³/mol.